The van der Waals surface area contributed by atoms with Gasteiger partial charge in [-0.3, -0.25) is 24.5 Å². The molecule has 37 heavy (non-hydrogen) atoms. The van der Waals surface area contributed by atoms with Crippen molar-refractivity contribution < 1.29 is 24.3 Å². The molecule has 0 aliphatic carbocycles. The SMILES string of the molecule is CC(=O)Nc1ccc(N2CCN(C)CC2)cc1C1=C(c2c[nH]c3ccccc23)C(=O)NC1=O.CC(=O)O. The predicted molar refractivity (Wildman–Crippen MR) is 142 cm³/mol. The lowest BCUT2D eigenvalue weighted by molar-refractivity contribution is -0.134. The number of piperazine rings is 1. The van der Waals surface area contributed by atoms with Crippen LogP contribution in [0.15, 0.2) is 48.7 Å². The second kappa shape index (κ2) is 10.7. The summed E-state index contributed by atoms with van der Waals surface area (Å²) in [6.07, 6.45) is 1.75. The number of carboxylic acids is 1. The van der Waals surface area contributed by atoms with E-state index >= 15 is 0 Å². The Kier molecular flexibility index (Phi) is 7.40. The van der Waals surface area contributed by atoms with Gasteiger partial charge in [-0.15, -0.1) is 0 Å². The van der Waals surface area contributed by atoms with Crippen LogP contribution >= 0.6 is 0 Å². The Labute approximate surface area is 213 Å². The topological polar surface area (TPSA) is 135 Å². The summed E-state index contributed by atoms with van der Waals surface area (Å²) >= 11 is 0. The summed E-state index contributed by atoms with van der Waals surface area (Å²) in [7, 11) is 2.09. The first kappa shape index (κ1) is 25.6. The van der Waals surface area contributed by atoms with Crippen LogP contribution in [0, 0.1) is 0 Å². The maximum atomic E-state index is 13.1. The standard InChI is InChI=1S/C25H25N5O3.C2H4O2/c1-15(31)27-21-8-7-16(30-11-9-29(2)10-12-30)13-18(21)22-23(25(33)28-24(22)32)19-14-26-20-6-4-3-5-17(19)20;1-2(3)4/h3-8,13-14,26H,9-12H2,1-2H3,(H,27,31)(H,28,32,33);1H3,(H,3,4). The van der Waals surface area contributed by atoms with Gasteiger partial charge in [0.25, 0.3) is 17.8 Å². The monoisotopic (exact) mass is 503 g/mol. The summed E-state index contributed by atoms with van der Waals surface area (Å²) < 4.78 is 0. The van der Waals surface area contributed by atoms with E-state index in [-0.39, 0.29) is 11.5 Å². The molecule has 2 aliphatic heterocycles. The van der Waals surface area contributed by atoms with Crippen LogP contribution in [-0.2, 0) is 19.2 Å². The van der Waals surface area contributed by atoms with Crippen LogP contribution in [0.1, 0.15) is 25.0 Å². The van der Waals surface area contributed by atoms with Crippen molar-refractivity contribution in [2.24, 2.45) is 0 Å². The highest BCUT2D eigenvalue weighted by atomic mass is 16.4. The molecule has 3 aromatic rings. The van der Waals surface area contributed by atoms with Crippen molar-refractivity contribution >= 4 is 57.1 Å². The minimum atomic E-state index is -0.833. The molecular formula is C27H29N5O5. The van der Waals surface area contributed by atoms with Gasteiger partial charge in [0.1, 0.15) is 0 Å². The smallest absolute Gasteiger partial charge is 0.300 e. The molecule has 0 atom stereocenters. The van der Waals surface area contributed by atoms with E-state index in [9.17, 15) is 14.4 Å². The van der Waals surface area contributed by atoms with E-state index in [0.29, 0.717) is 22.4 Å². The predicted octanol–water partition coefficient (Wildman–Crippen LogP) is 2.54. The highest BCUT2D eigenvalue weighted by Crippen LogP contribution is 2.39. The van der Waals surface area contributed by atoms with Gasteiger partial charge in [0.05, 0.1) is 11.1 Å². The number of anilines is 2. The highest BCUT2D eigenvalue weighted by Gasteiger charge is 2.35. The van der Waals surface area contributed by atoms with Gasteiger partial charge in [0.2, 0.25) is 5.91 Å². The van der Waals surface area contributed by atoms with E-state index in [1.54, 1.807) is 12.3 Å². The molecule has 0 unspecified atom stereocenters. The maximum Gasteiger partial charge on any atom is 0.300 e. The van der Waals surface area contributed by atoms with Crippen molar-refractivity contribution in [1.82, 2.24) is 15.2 Å². The molecule has 10 nitrogen and oxygen atoms in total. The number of fused-ring (bicyclic) bond motifs is 1. The lowest BCUT2D eigenvalue weighted by Crippen LogP contribution is -2.44. The van der Waals surface area contributed by atoms with E-state index < -0.39 is 17.8 Å². The molecular weight excluding hydrogens is 474 g/mol. The summed E-state index contributed by atoms with van der Waals surface area (Å²) in [4.78, 5) is 54.6. The van der Waals surface area contributed by atoms with Gasteiger partial charge in [0.15, 0.2) is 0 Å². The third-order valence-electron chi connectivity index (χ3n) is 6.24. The molecule has 1 aromatic heterocycles. The van der Waals surface area contributed by atoms with Gasteiger partial charge in [-0.25, -0.2) is 0 Å². The Morgan fingerprint density at radius 1 is 0.919 bits per heavy atom. The molecule has 3 heterocycles. The summed E-state index contributed by atoms with van der Waals surface area (Å²) in [6, 6.07) is 13.3. The second-order valence-corrected chi connectivity index (χ2v) is 9.00. The molecule has 2 aliphatic rings. The van der Waals surface area contributed by atoms with E-state index in [1.165, 1.54) is 6.92 Å². The second-order valence-electron chi connectivity index (χ2n) is 9.00. The van der Waals surface area contributed by atoms with Crippen molar-refractivity contribution in [3.8, 4) is 0 Å². The van der Waals surface area contributed by atoms with Gasteiger partial charge in [-0.1, -0.05) is 18.2 Å². The number of carboxylic acid groups (broad SMARTS) is 1. The zero-order valence-electron chi connectivity index (χ0n) is 20.9. The average Bonchev–Trinajstić information content (AvgIpc) is 3.38. The Bertz CT molecular complexity index is 1410. The largest absolute Gasteiger partial charge is 0.481 e. The molecule has 1 saturated heterocycles. The first-order chi connectivity index (χ1) is 17.7. The van der Waals surface area contributed by atoms with E-state index in [4.69, 9.17) is 9.90 Å². The fourth-order valence-electron chi connectivity index (χ4n) is 4.55. The first-order valence-electron chi connectivity index (χ1n) is 11.9. The third kappa shape index (κ3) is 5.54. The molecule has 0 radical (unpaired) electrons. The highest BCUT2D eigenvalue weighted by molar-refractivity contribution is 6.50. The minimum absolute atomic E-state index is 0.248. The molecule has 5 rings (SSSR count). The van der Waals surface area contributed by atoms with Crippen LogP contribution in [0.3, 0.4) is 0 Å². The fourth-order valence-corrected chi connectivity index (χ4v) is 4.55. The molecule has 0 bridgehead atoms. The number of likely N-dealkylation sites (N-methyl/N-ethyl adjacent to an activating group) is 1. The van der Waals surface area contributed by atoms with Gasteiger partial charge in [0, 0.05) is 79.6 Å². The van der Waals surface area contributed by atoms with Gasteiger partial charge < -0.3 is 25.2 Å². The number of H-pyrrole nitrogens is 1. The molecule has 1 fully saturated rings. The molecule has 3 amide bonds. The number of nitrogens with one attached hydrogen (secondary N) is 3. The van der Waals surface area contributed by atoms with Gasteiger partial charge in [-0.05, 0) is 31.3 Å². The van der Waals surface area contributed by atoms with Crippen molar-refractivity contribution in [2.75, 3.05) is 43.4 Å². The lowest BCUT2D eigenvalue weighted by atomic mass is 9.94. The van der Waals surface area contributed by atoms with Crippen LogP contribution in [0.25, 0.3) is 22.0 Å². The summed E-state index contributed by atoms with van der Waals surface area (Å²) in [5, 5.41) is 13.6. The van der Waals surface area contributed by atoms with Crippen LogP contribution in [0.2, 0.25) is 0 Å². The quantitative estimate of drug-likeness (QED) is 0.402. The molecule has 4 N–H and O–H groups in total. The number of para-hydroxylation sites is 1. The first-order valence-corrected chi connectivity index (χ1v) is 11.9. The van der Waals surface area contributed by atoms with Crippen LogP contribution < -0.4 is 15.5 Å². The number of carbonyl (C=O) groups is 4. The Morgan fingerprint density at radius 3 is 2.19 bits per heavy atom. The van der Waals surface area contributed by atoms with E-state index in [0.717, 1.165) is 49.7 Å². The number of benzene rings is 2. The number of carbonyl (C=O) groups excluding carboxylic acids is 3. The number of aromatic amines is 1. The number of aliphatic carboxylic acids is 1. The Morgan fingerprint density at radius 2 is 1.54 bits per heavy atom. The van der Waals surface area contributed by atoms with Gasteiger partial charge >= 0.3 is 0 Å². The Balaban J connectivity index is 0.000000747. The average molecular weight is 504 g/mol. The number of hydrogen-bond acceptors (Lipinski definition) is 6. The zero-order chi connectivity index (χ0) is 26.7. The van der Waals surface area contributed by atoms with E-state index in [1.807, 2.05) is 36.4 Å². The normalized spacial score (nSPS) is 15.9. The van der Waals surface area contributed by atoms with Crippen LogP contribution in [0.4, 0.5) is 11.4 Å². The molecule has 192 valence electrons. The third-order valence-corrected chi connectivity index (χ3v) is 6.24. The number of rotatable bonds is 4. The van der Waals surface area contributed by atoms with Gasteiger partial charge in [-0.2, -0.15) is 0 Å². The van der Waals surface area contributed by atoms with Crippen molar-refractivity contribution in [1.29, 1.82) is 0 Å². The fraction of sp³-hybridized carbons (Fsp3) is 0.259. The molecule has 10 heteroatoms. The summed E-state index contributed by atoms with van der Waals surface area (Å²) in [6.45, 7) is 6.09. The number of amides is 3. The summed E-state index contributed by atoms with van der Waals surface area (Å²) in [5.74, 6) is -2.00. The molecule has 0 spiro atoms. The molecule has 2 aromatic carbocycles. The number of imide groups is 1. The van der Waals surface area contributed by atoms with Crippen LogP contribution in [0.5, 0.6) is 0 Å². The van der Waals surface area contributed by atoms with Crippen LogP contribution in [-0.4, -0.2) is 71.9 Å². The summed E-state index contributed by atoms with van der Waals surface area (Å²) in [5.41, 5.74) is 4.08. The zero-order valence-corrected chi connectivity index (χ0v) is 20.9. The van der Waals surface area contributed by atoms with Crippen molar-refractivity contribution in [3.63, 3.8) is 0 Å². The number of nitrogens with zero attached hydrogens (tertiary/aromatic N) is 2. The van der Waals surface area contributed by atoms with E-state index in [2.05, 4.69) is 32.5 Å². The number of aromatic nitrogens is 1. The molecule has 0 saturated carbocycles. The van der Waals surface area contributed by atoms with Crippen molar-refractivity contribution in [3.05, 3.63) is 59.8 Å². The Hall–Kier alpha value is -4.44. The maximum absolute atomic E-state index is 13.1. The minimum Gasteiger partial charge on any atom is -0.481 e. The van der Waals surface area contributed by atoms with Crippen molar-refractivity contribution in [2.45, 2.75) is 13.8 Å². The number of hydrogen-bond donors (Lipinski definition) is 4. The lowest BCUT2D eigenvalue weighted by Gasteiger charge is -2.34.